The highest BCUT2D eigenvalue weighted by Gasteiger charge is 2.26. The Hall–Kier alpha value is -0.610. The van der Waals surface area contributed by atoms with Crippen molar-refractivity contribution in [2.24, 2.45) is 0 Å². The smallest absolute Gasteiger partial charge is 0.304 e. The summed E-state index contributed by atoms with van der Waals surface area (Å²) in [6, 6.07) is 0. The van der Waals surface area contributed by atoms with E-state index in [4.69, 9.17) is 14.2 Å². The Morgan fingerprint density at radius 2 is 2.08 bits per heavy atom. The molecular formula is C8H14O4. The number of ether oxygens (including phenoxy) is 3. The van der Waals surface area contributed by atoms with Crippen LogP contribution in [0.15, 0.2) is 0 Å². The van der Waals surface area contributed by atoms with Crippen molar-refractivity contribution >= 4 is 5.97 Å². The Bertz CT molecular complexity index is 158. The lowest BCUT2D eigenvalue weighted by molar-refractivity contribution is -0.288. The summed E-state index contributed by atoms with van der Waals surface area (Å²) in [4.78, 5) is 10.6. The average Bonchev–Trinajstić information content (AvgIpc) is 1.81. The molecule has 4 nitrogen and oxygen atoms in total. The summed E-state index contributed by atoms with van der Waals surface area (Å²) in [6.07, 6.45) is -0.0540. The van der Waals surface area contributed by atoms with Gasteiger partial charge < -0.3 is 14.2 Å². The van der Waals surface area contributed by atoms with E-state index in [9.17, 15) is 4.79 Å². The van der Waals surface area contributed by atoms with Crippen LogP contribution < -0.4 is 0 Å². The summed E-state index contributed by atoms with van der Waals surface area (Å²) in [5.41, 5.74) is 0. The third-order valence-corrected chi connectivity index (χ3v) is 1.59. The molecule has 0 N–H and O–H groups in total. The quantitative estimate of drug-likeness (QED) is 0.557. The van der Waals surface area contributed by atoms with Crippen molar-refractivity contribution in [2.75, 3.05) is 0 Å². The molecule has 1 aliphatic rings. The Balaban J connectivity index is 2.38. The molecule has 0 amide bonds. The molecule has 70 valence electrons. The highest BCUT2D eigenvalue weighted by molar-refractivity contribution is 5.66. The Morgan fingerprint density at radius 3 is 2.58 bits per heavy atom. The molecule has 0 radical (unpaired) electrons. The minimum Gasteiger partial charge on any atom is -0.436 e. The molecule has 0 aromatic rings. The summed E-state index contributed by atoms with van der Waals surface area (Å²) in [5, 5.41) is 0. The van der Waals surface area contributed by atoms with E-state index in [0.717, 1.165) is 0 Å². The first-order chi connectivity index (χ1) is 5.58. The first kappa shape index (κ1) is 9.48. The highest BCUT2D eigenvalue weighted by Crippen LogP contribution is 2.18. The maximum absolute atomic E-state index is 10.6. The SMILES string of the molecule is CC(=O)O[C@H]1C[C@@H](C)O[C@@H](C)O1. The van der Waals surface area contributed by atoms with Crippen LogP contribution in [0.4, 0.5) is 0 Å². The summed E-state index contributed by atoms with van der Waals surface area (Å²) >= 11 is 0. The molecule has 1 fully saturated rings. The van der Waals surface area contributed by atoms with E-state index >= 15 is 0 Å². The first-order valence-corrected chi connectivity index (χ1v) is 4.06. The molecule has 1 aliphatic heterocycles. The van der Waals surface area contributed by atoms with Gasteiger partial charge in [-0.3, -0.25) is 4.79 Å². The number of rotatable bonds is 1. The fourth-order valence-electron chi connectivity index (χ4n) is 1.22. The molecule has 1 heterocycles. The first-order valence-electron chi connectivity index (χ1n) is 4.06. The van der Waals surface area contributed by atoms with Gasteiger partial charge in [0.25, 0.3) is 0 Å². The molecule has 12 heavy (non-hydrogen) atoms. The lowest BCUT2D eigenvalue weighted by Gasteiger charge is -2.31. The lowest BCUT2D eigenvalue weighted by Crippen LogP contribution is -2.37. The zero-order chi connectivity index (χ0) is 9.14. The van der Waals surface area contributed by atoms with Crippen molar-refractivity contribution in [3.63, 3.8) is 0 Å². The van der Waals surface area contributed by atoms with E-state index in [1.165, 1.54) is 6.92 Å². The van der Waals surface area contributed by atoms with Crippen LogP contribution in [0.1, 0.15) is 27.2 Å². The van der Waals surface area contributed by atoms with Crippen LogP contribution in [0.25, 0.3) is 0 Å². The Morgan fingerprint density at radius 1 is 1.42 bits per heavy atom. The van der Waals surface area contributed by atoms with Gasteiger partial charge in [-0.25, -0.2) is 0 Å². The van der Waals surface area contributed by atoms with Gasteiger partial charge in [0, 0.05) is 13.3 Å². The zero-order valence-electron chi connectivity index (χ0n) is 7.57. The largest absolute Gasteiger partial charge is 0.436 e. The molecule has 0 spiro atoms. The van der Waals surface area contributed by atoms with E-state index in [1.807, 2.05) is 6.92 Å². The standard InChI is InChI=1S/C8H14O4/c1-5-4-8(11-6(2)9)12-7(3)10-5/h5,7-8H,4H2,1-3H3/t5-,7-,8-/m1/s1. The van der Waals surface area contributed by atoms with Crippen LogP contribution in [-0.4, -0.2) is 24.7 Å². The fourth-order valence-corrected chi connectivity index (χ4v) is 1.22. The predicted molar refractivity (Wildman–Crippen MR) is 41.3 cm³/mol. The van der Waals surface area contributed by atoms with Crippen molar-refractivity contribution in [1.29, 1.82) is 0 Å². The fraction of sp³-hybridized carbons (Fsp3) is 0.875. The molecule has 0 unspecified atom stereocenters. The summed E-state index contributed by atoms with van der Waals surface area (Å²) in [7, 11) is 0. The van der Waals surface area contributed by atoms with Gasteiger partial charge >= 0.3 is 5.97 Å². The topological polar surface area (TPSA) is 44.8 Å². The monoisotopic (exact) mass is 174 g/mol. The predicted octanol–water partition coefficient (Wildman–Crippen LogP) is 1.05. The van der Waals surface area contributed by atoms with Crippen LogP contribution >= 0.6 is 0 Å². The number of hydrogen-bond acceptors (Lipinski definition) is 4. The summed E-state index contributed by atoms with van der Waals surface area (Å²) in [5.74, 6) is -0.318. The Kier molecular flexibility index (Phi) is 3.05. The van der Waals surface area contributed by atoms with Gasteiger partial charge in [0.1, 0.15) is 0 Å². The number of hydrogen-bond donors (Lipinski definition) is 0. The second kappa shape index (κ2) is 3.87. The minimum atomic E-state index is -0.443. The van der Waals surface area contributed by atoms with Gasteiger partial charge in [0.05, 0.1) is 6.10 Å². The average molecular weight is 174 g/mol. The number of carbonyl (C=O) groups is 1. The normalized spacial score (nSPS) is 36.1. The second-order valence-corrected chi connectivity index (χ2v) is 2.93. The van der Waals surface area contributed by atoms with Gasteiger partial charge in [-0.2, -0.15) is 0 Å². The van der Waals surface area contributed by atoms with Crippen LogP contribution in [0.5, 0.6) is 0 Å². The molecule has 1 saturated heterocycles. The van der Waals surface area contributed by atoms with Crippen molar-refractivity contribution in [2.45, 2.75) is 45.9 Å². The van der Waals surface area contributed by atoms with Gasteiger partial charge in [0.15, 0.2) is 6.29 Å². The van der Waals surface area contributed by atoms with Gasteiger partial charge in [-0.1, -0.05) is 0 Å². The summed E-state index contributed by atoms with van der Waals surface area (Å²) in [6.45, 7) is 5.08. The summed E-state index contributed by atoms with van der Waals surface area (Å²) < 4.78 is 15.4. The third kappa shape index (κ3) is 2.79. The molecule has 4 heteroatoms. The van der Waals surface area contributed by atoms with E-state index in [1.54, 1.807) is 6.92 Å². The second-order valence-electron chi connectivity index (χ2n) is 2.93. The van der Waals surface area contributed by atoms with Crippen molar-refractivity contribution in [3.8, 4) is 0 Å². The molecule has 0 saturated carbocycles. The van der Waals surface area contributed by atoms with E-state index in [0.29, 0.717) is 6.42 Å². The van der Waals surface area contributed by atoms with Crippen molar-refractivity contribution in [3.05, 3.63) is 0 Å². The van der Waals surface area contributed by atoms with E-state index < -0.39 is 6.29 Å². The highest BCUT2D eigenvalue weighted by atomic mass is 16.8. The molecule has 0 aliphatic carbocycles. The minimum absolute atomic E-state index is 0.0816. The van der Waals surface area contributed by atoms with Crippen molar-refractivity contribution < 1.29 is 19.0 Å². The zero-order valence-corrected chi connectivity index (χ0v) is 7.57. The third-order valence-electron chi connectivity index (χ3n) is 1.59. The van der Waals surface area contributed by atoms with Crippen LogP contribution in [0, 0.1) is 0 Å². The number of carbonyl (C=O) groups excluding carboxylic acids is 1. The molecular weight excluding hydrogens is 160 g/mol. The van der Waals surface area contributed by atoms with E-state index in [2.05, 4.69) is 0 Å². The van der Waals surface area contributed by atoms with Crippen LogP contribution in [0.3, 0.4) is 0 Å². The molecule has 0 aromatic heterocycles. The van der Waals surface area contributed by atoms with Gasteiger partial charge in [-0.15, -0.1) is 0 Å². The molecule has 3 atom stereocenters. The van der Waals surface area contributed by atoms with Crippen LogP contribution in [0.2, 0.25) is 0 Å². The van der Waals surface area contributed by atoms with Crippen LogP contribution in [-0.2, 0) is 19.0 Å². The van der Waals surface area contributed by atoms with Gasteiger partial charge in [0.2, 0.25) is 6.29 Å². The number of esters is 1. The van der Waals surface area contributed by atoms with Crippen molar-refractivity contribution in [1.82, 2.24) is 0 Å². The molecule has 0 bridgehead atoms. The van der Waals surface area contributed by atoms with E-state index in [-0.39, 0.29) is 18.4 Å². The lowest BCUT2D eigenvalue weighted by atomic mass is 10.2. The molecule has 0 aromatic carbocycles. The maximum atomic E-state index is 10.6. The van der Waals surface area contributed by atoms with Gasteiger partial charge in [-0.05, 0) is 13.8 Å². The molecule has 1 rings (SSSR count). The Labute approximate surface area is 71.8 Å². The maximum Gasteiger partial charge on any atom is 0.304 e.